The first kappa shape index (κ1) is 24.6. The highest BCUT2D eigenvalue weighted by atomic mass is 127. The Bertz CT molecular complexity index is 796. The van der Waals surface area contributed by atoms with E-state index < -0.39 is 0 Å². The molecule has 2 N–H and O–H groups in total. The smallest absolute Gasteiger partial charge is 0.191 e. The fraction of sp³-hybridized carbons (Fsp3) is 0.435. The molecule has 0 amide bonds. The van der Waals surface area contributed by atoms with E-state index in [1.807, 2.05) is 6.07 Å². The largest absolute Gasteiger partial charge is 0.379 e. The van der Waals surface area contributed by atoms with Gasteiger partial charge >= 0.3 is 0 Å². The van der Waals surface area contributed by atoms with Gasteiger partial charge in [0.1, 0.15) is 5.82 Å². The molecule has 1 aliphatic rings. The first-order chi connectivity index (χ1) is 14.2. The standard InChI is InChI=1S/C23H31FN4O.HI/c1-25-23(26-11-5-7-19-6-4-10-22(24)16-19)27-17-20-8-2-3-9-21(20)18-28-12-14-29-15-13-28;/h2-4,6,8-10,16H,5,7,11-15,17-18H2,1H3,(H2,25,26,27);1H. The predicted molar refractivity (Wildman–Crippen MR) is 131 cm³/mol. The molecule has 0 atom stereocenters. The molecule has 0 aliphatic carbocycles. The molecule has 2 aromatic rings. The number of hydrogen-bond acceptors (Lipinski definition) is 3. The molecule has 7 heteroatoms. The summed E-state index contributed by atoms with van der Waals surface area (Å²) < 4.78 is 18.7. The molecule has 1 heterocycles. The van der Waals surface area contributed by atoms with Crippen molar-refractivity contribution < 1.29 is 9.13 Å². The number of aliphatic imine (C=N–C) groups is 1. The van der Waals surface area contributed by atoms with Gasteiger partial charge in [-0.15, -0.1) is 24.0 Å². The number of halogens is 2. The van der Waals surface area contributed by atoms with E-state index >= 15 is 0 Å². The summed E-state index contributed by atoms with van der Waals surface area (Å²) in [5, 5.41) is 6.75. The van der Waals surface area contributed by atoms with Crippen LogP contribution in [0.15, 0.2) is 53.5 Å². The van der Waals surface area contributed by atoms with Crippen molar-refractivity contribution in [3.05, 3.63) is 71.0 Å². The average molecular weight is 526 g/mol. The number of aryl methyl sites for hydroxylation is 1. The maximum absolute atomic E-state index is 13.2. The number of morpholine rings is 1. The van der Waals surface area contributed by atoms with Crippen LogP contribution in [0.5, 0.6) is 0 Å². The lowest BCUT2D eigenvalue weighted by Crippen LogP contribution is -2.38. The van der Waals surface area contributed by atoms with E-state index in [1.165, 1.54) is 17.2 Å². The second-order valence-corrected chi connectivity index (χ2v) is 7.24. The van der Waals surface area contributed by atoms with Crippen molar-refractivity contribution in [2.24, 2.45) is 4.99 Å². The first-order valence-electron chi connectivity index (χ1n) is 10.3. The van der Waals surface area contributed by atoms with Gasteiger partial charge in [0.15, 0.2) is 5.96 Å². The van der Waals surface area contributed by atoms with Crippen molar-refractivity contribution in [3.8, 4) is 0 Å². The van der Waals surface area contributed by atoms with Gasteiger partial charge in [0.25, 0.3) is 0 Å². The van der Waals surface area contributed by atoms with E-state index in [0.29, 0.717) is 0 Å². The minimum Gasteiger partial charge on any atom is -0.379 e. The van der Waals surface area contributed by atoms with Gasteiger partial charge in [-0.3, -0.25) is 9.89 Å². The zero-order valence-corrected chi connectivity index (χ0v) is 19.9. The zero-order valence-electron chi connectivity index (χ0n) is 17.6. The van der Waals surface area contributed by atoms with Crippen LogP contribution in [-0.2, 0) is 24.2 Å². The summed E-state index contributed by atoms with van der Waals surface area (Å²) in [4.78, 5) is 6.75. The van der Waals surface area contributed by atoms with Gasteiger partial charge in [0.2, 0.25) is 0 Å². The number of guanidine groups is 1. The van der Waals surface area contributed by atoms with E-state index in [2.05, 4.69) is 44.8 Å². The van der Waals surface area contributed by atoms with Gasteiger partial charge in [-0.05, 0) is 41.7 Å². The highest BCUT2D eigenvalue weighted by Crippen LogP contribution is 2.13. The van der Waals surface area contributed by atoms with E-state index in [1.54, 1.807) is 19.2 Å². The Morgan fingerprint density at radius 1 is 1.07 bits per heavy atom. The normalized spacial score (nSPS) is 14.8. The molecule has 5 nitrogen and oxygen atoms in total. The van der Waals surface area contributed by atoms with Crippen molar-refractivity contribution in [1.82, 2.24) is 15.5 Å². The summed E-state index contributed by atoms with van der Waals surface area (Å²) in [7, 11) is 1.78. The molecule has 164 valence electrons. The number of nitrogens with zero attached hydrogens (tertiary/aromatic N) is 2. The van der Waals surface area contributed by atoms with Gasteiger partial charge in [-0.1, -0.05) is 36.4 Å². The lowest BCUT2D eigenvalue weighted by atomic mass is 10.1. The topological polar surface area (TPSA) is 48.9 Å². The van der Waals surface area contributed by atoms with Crippen molar-refractivity contribution in [2.75, 3.05) is 39.9 Å². The fourth-order valence-corrected chi connectivity index (χ4v) is 3.48. The van der Waals surface area contributed by atoms with Gasteiger partial charge < -0.3 is 15.4 Å². The molecule has 0 radical (unpaired) electrons. The highest BCUT2D eigenvalue weighted by Gasteiger charge is 2.12. The van der Waals surface area contributed by atoms with Crippen LogP contribution in [0.1, 0.15) is 23.1 Å². The third kappa shape index (κ3) is 8.20. The van der Waals surface area contributed by atoms with Crippen molar-refractivity contribution in [1.29, 1.82) is 0 Å². The average Bonchev–Trinajstić information content (AvgIpc) is 2.75. The van der Waals surface area contributed by atoms with Crippen LogP contribution >= 0.6 is 24.0 Å². The maximum Gasteiger partial charge on any atom is 0.191 e. The Hall–Kier alpha value is -1.71. The molecule has 1 saturated heterocycles. The third-order valence-electron chi connectivity index (χ3n) is 5.11. The molecule has 2 aromatic carbocycles. The minimum absolute atomic E-state index is 0. The maximum atomic E-state index is 13.2. The number of benzene rings is 2. The molecule has 30 heavy (non-hydrogen) atoms. The van der Waals surface area contributed by atoms with Crippen LogP contribution in [0, 0.1) is 5.82 Å². The number of rotatable bonds is 8. The summed E-state index contributed by atoms with van der Waals surface area (Å²) in [6.07, 6.45) is 1.75. The summed E-state index contributed by atoms with van der Waals surface area (Å²) in [6.45, 7) is 6.04. The lowest BCUT2D eigenvalue weighted by Gasteiger charge is -2.27. The Balaban J connectivity index is 0.00000320. The first-order valence-corrected chi connectivity index (χ1v) is 10.3. The third-order valence-corrected chi connectivity index (χ3v) is 5.11. The summed E-state index contributed by atoms with van der Waals surface area (Å²) >= 11 is 0. The fourth-order valence-electron chi connectivity index (χ4n) is 3.48. The second-order valence-electron chi connectivity index (χ2n) is 7.24. The summed E-state index contributed by atoms with van der Waals surface area (Å²) in [6, 6.07) is 15.3. The molecule has 0 spiro atoms. The number of hydrogen-bond donors (Lipinski definition) is 2. The van der Waals surface area contributed by atoms with Crippen LogP contribution < -0.4 is 10.6 Å². The summed E-state index contributed by atoms with van der Waals surface area (Å²) in [5.41, 5.74) is 3.64. The van der Waals surface area contributed by atoms with Crippen molar-refractivity contribution >= 4 is 29.9 Å². The van der Waals surface area contributed by atoms with Gasteiger partial charge in [-0.25, -0.2) is 4.39 Å². The van der Waals surface area contributed by atoms with E-state index in [9.17, 15) is 4.39 Å². The second kappa shape index (κ2) is 13.6. The Kier molecular flexibility index (Phi) is 11.1. The van der Waals surface area contributed by atoms with Gasteiger partial charge in [-0.2, -0.15) is 0 Å². The monoisotopic (exact) mass is 526 g/mol. The molecule has 0 aromatic heterocycles. The molecule has 3 rings (SSSR count). The highest BCUT2D eigenvalue weighted by molar-refractivity contribution is 14.0. The van der Waals surface area contributed by atoms with Crippen molar-refractivity contribution in [3.63, 3.8) is 0 Å². The minimum atomic E-state index is -0.177. The zero-order chi connectivity index (χ0) is 20.3. The summed E-state index contributed by atoms with van der Waals surface area (Å²) in [5.74, 6) is 0.606. The SMILES string of the molecule is CN=C(NCCCc1cccc(F)c1)NCc1ccccc1CN1CCOCC1.I. The Labute approximate surface area is 196 Å². The molecule has 0 unspecified atom stereocenters. The molecule has 0 bridgehead atoms. The van der Waals surface area contributed by atoms with E-state index in [4.69, 9.17) is 4.74 Å². The Morgan fingerprint density at radius 3 is 2.57 bits per heavy atom. The molecular weight excluding hydrogens is 494 g/mol. The van der Waals surface area contributed by atoms with E-state index in [0.717, 1.165) is 70.3 Å². The van der Waals surface area contributed by atoms with Crippen molar-refractivity contribution in [2.45, 2.75) is 25.9 Å². The van der Waals surface area contributed by atoms with Crippen LogP contribution in [-0.4, -0.2) is 50.8 Å². The molecule has 1 fully saturated rings. The number of nitrogens with one attached hydrogen (secondary N) is 2. The molecule has 0 saturated carbocycles. The van der Waals surface area contributed by atoms with Crippen LogP contribution in [0.2, 0.25) is 0 Å². The van der Waals surface area contributed by atoms with Gasteiger partial charge in [0, 0.05) is 39.8 Å². The lowest BCUT2D eigenvalue weighted by molar-refractivity contribution is 0.0341. The quantitative estimate of drug-likeness (QED) is 0.239. The predicted octanol–water partition coefficient (Wildman–Crippen LogP) is 3.57. The van der Waals surface area contributed by atoms with Crippen LogP contribution in [0.25, 0.3) is 0 Å². The van der Waals surface area contributed by atoms with Gasteiger partial charge in [0.05, 0.1) is 13.2 Å². The molecule has 1 aliphatic heterocycles. The Morgan fingerprint density at radius 2 is 1.83 bits per heavy atom. The van der Waals surface area contributed by atoms with Crippen LogP contribution in [0.3, 0.4) is 0 Å². The number of ether oxygens (including phenoxy) is 1. The van der Waals surface area contributed by atoms with E-state index in [-0.39, 0.29) is 29.8 Å². The van der Waals surface area contributed by atoms with Crippen LogP contribution in [0.4, 0.5) is 4.39 Å². The molecular formula is C23H32FIN4O.